The summed E-state index contributed by atoms with van der Waals surface area (Å²) in [7, 11) is 0. The third-order valence-corrected chi connectivity index (χ3v) is 2.63. The van der Waals surface area contributed by atoms with Crippen LogP contribution in [-0.4, -0.2) is 11.0 Å². The van der Waals surface area contributed by atoms with Crippen molar-refractivity contribution in [2.75, 3.05) is 5.32 Å². The van der Waals surface area contributed by atoms with Crippen LogP contribution in [-0.2, 0) is 17.6 Å². The smallest absolute Gasteiger partial charge is 0.224 e. The third kappa shape index (κ3) is 1.73. The second kappa shape index (κ2) is 3.77. The maximum atomic E-state index is 11.2. The molecule has 3 nitrogen and oxygen atoms in total. The number of hydrogen-bond acceptors (Lipinski definition) is 2. The van der Waals surface area contributed by atoms with E-state index in [1.54, 1.807) is 18.2 Å². The molecule has 0 fully saturated rings. The van der Waals surface area contributed by atoms with Crippen LogP contribution in [0.15, 0.2) is 24.8 Å². The lowest BCUT2D eigenvalue weighted by molar-refractivity contribution is -0.116. The van der Waals surface area contributed by atoms with E-state index in [9.17, 15) is 9.90 Å². The zero-order chi connectivity index (χ0) is 10.8. The molecule has 0 saturated heterocycles. The van der Waals surface area contributed by atoms with Crippen LogP contribution in [0.2, 0.25) is 0 Å². The van der Waals surface area contributed by atoms with Gasteiger partial charge >= 0.3 is 0 Å². The van der Waals surface area contributed by atoms with Gasteiger partial charge in [0.15, 0.2) is 0 Å². The van der Waals surface area contributed by atoms with Crippen molar-refractivity contribution in [1.82, 2.24) is 0 Å². The van der Waals surface area contributed by atoms with Crippen molar-refractivity contribution < 1.29 is 9.90 Å². The Morgan fingerprint density at radius 1 is 1.47 bits per heavy atom. The molecule has 3 heteroatoms. The first kappa shape index (κ1) is 9.77. The van der Waals surface area contributed by atoms with Gasteiger partial charge in [0, 0.05) is 17.7 Å². The van der Waals surface area contributed by atoms with E-state index >= 15 is 0 Å². The molecule has 0 radical (unpaired) electrons. The maximum Gasteiger partial charge on any atom is 0.224 e. The number of aromatic hydroxyl groups is 1. The lowest BCUT2D eigenvalue weighted by Gasteiger charge is -2.20. The average molecular weight is 203 g/mol. The maximum absolute atomic E-state index is 11.2. The molecule has 15 heavy (non-hydrogen) atoms. The van der Waals surface area contributed by atoms with Gasteiger partial charge in [-0.2, -0.15) is 0 Å². The quantitative estimate of drug-likeness (QED) is 0.570. The summed E-state index contributed by atoms with van der Waals surface area (Å²) >= 11 is 0. The van der Waals surface area contributed by atoms with Crippen LogP contribution in [0.25, 0.3) is 0 Å². The molecule has 78 valence electrons. The normalized spacial score (nSPS) is 14.3. The zero-order valence-corrected chi connectivity index (χ0v) is 8.42. The van der Waals surface area contributed by atoms with Gasteiger partial charge < -0.3 is 10.4 Å². The van der Waals surface area contributed by atoms with Crippen molar-refractivity contribution in [1.29, 1.82) is 0 Å². The summed E-state index contributed by atoms with van der Waals surface area (Å²) in [5.41, 5.74) is 2.73. The Balaban J connectivity index is 2.49. The van der Waals surface area contributed by atoms with Gasteiger partial charge in [-0.3, -0.25) is 4.79 Å². The summed E-state index contributed by atoms with van der Waals surface area (Å²) < 4.78 is 0. The minimum absolute atomic E-state index is 0.0396. The SMILES string of the molecule is C=CCc1c(O)ccc2c1CCC(=O)N2. The first-order chi connectivity index (χ1) is 7.22. The van der Waals surface area contributed by atoms with Crippen LogP contribution in [0.1, 0.15) is 17.5 Å². The Labute approximate surface area is 88.4 Å². The molecule has 1 aromatic carbocycles. The number of rotatable bonds is 2. The fourth-order valence-corrected chi connectivity index (χ4v) is 1.91. The number of amides is 1. The monoisotopic (exact) mass is 203 g/mol. The molecule has 0 aliphatic carbocycles. The highest BCUT2D eigenvalue weighted by Crippen LogP contribution is 2.32. The number of nitrogens with one attached hydrogen (secondary N) is 1. The molecule has 0 spiro atoms. The number of phenolic OH excluding ortho intramolecular Hbond substituents is 1. The van der Waals surface area contributed by atoms with E-state index in [4.69, 9.17) is 0 Å². The van der Waals surface area contributed by atoms with Gasteiger partial charge in [0.05, 0.1) is 0 Å². The van der Waals surface area contributed by atoms with Gasteiger partial charge in [0.25, 0.3) is 0 Å². The number of benzene rings is 1. The van der Waals surface area contributed by atoms with Crippen molar-refractivity contribution in [3.8, 4) is 5.75 Å². The molecule has 0 bridgehead atoms. The summed E-state index contributed by atoms with van der Waals surface area (Å²) in [4.78, 5) is 11.2. The number of allylic oxidation sites excluding steroid dienone is 1. The molecule has 1 aliphatic heterocycles. The van der Waals surface area contributed by atoms with E-state index in [2.05, 4.69) is 11.9 Å². The molecule has 0 atom stereocenters. The number of carbonyl (C=O) groups is 1. The fraction of sp³-hybridized carbons (Fsp3) is 0.250. The standard InChI is InChI=1S/C12H13NO2/c1-2-3-9-8-4-7-12(15)13-10(8)5-6-11(9)14/h2,5-6,14H,1,3-4,7H2,(H,13,15). The van der Waals surface area contributed by atoms with Crippen LogP contribution in [0.3, 0.4) is 0 Å². The molecule has 2 rings (SSSR count). The van der Waals surface area contributed by atoms with Crippen molar-refractivity contribution in [2.45, 2.75) is 19.3 Å². The van der Waals surface area contributed by atoms with Crippen LogP contribution in [0.5, 0.6) is 5.75 Å². The van der Waals surface area contributed by atoms with E-state index < -0.39 is 0 Å². The molecular formula is C12H13NO2. The topological polar surface area (TPSA) is 49.3 Å². The average Bonchev–Trinajstić information content (AvgIpc) is 2.22. The molecule has 2 N–H and O–H groups in total. The van der Waals surface area contributed by atoms with E-state index in [0.29, 0.717) is 19.3 Å². The lowest BCUT2D eigenvalue weighted by Crippen LogP contribution is -2.20. The van der Waals surface area contributed by atoms with E-state index in [1.807, 2.05) is 0 Å². The number of fused-ring (bicyclic) bond motifs is 1. The Kier molecular flexibility index (Phi) is 2.46. The Morgan fingerprint density at radius 3 is 3.00 bits per heavy atom. The van der Waals surface area contributed by atoms with Crippen molar-refractivity contribution in [3.63, 3.8) is 0 Å². The highest BCUT2D eigenvalue weighted by molar-refractivity contribution is 5.94. The predicted octanol–water partition coefficient (Wildman–Crippen LogP) is 2.01. The second-order valence-corrected chi connectivity index (χ2v) is 3.63. The summed E-state index contributed by atoms with van der Waals surface area (Å²) in [6.07, 6.45) is 3.57. The summed E-state index contributed by atoms with van der Waals surface area (Å²) in [6, 6.07) is 3.36. The number of carbonyl (C=O) groups excluding carboxylic acids is 1. The second-order valence-electron chi connectivity index (χ2n) is 3.63. The van der Waals surface area contributed by atoms with Crippen LogP contribution < -0.4 is 5.32 Å². The number of hydrogen-bond donors (Lipinski definition) is 2. The summed E-state index contributed by atoms with van der Waals surface area (Å²) in [6.45, 7) is 3.66. The minimum atomic E-state index is 0.0396. The first-order valence-corrected chi connectivity index (χ1v) is 4.97. The largest absolute Gasteiger partial charge is 0.508 e. The Bertz CT molecular complexity index is 424. The van der Waals surface area contributed by atoms with Crippen molar-refractivity contribution >= 4 is 11.6 Å². The van der Waals surface area contributed by atoms with E-state index in [-0.39, 0.29) is 11.7 Å². The van der Waals surface area contributed by atoms with Gasteiger partial charge in [-0.25, -0.2) is 0 Å². The molecule has 0 aromatic heterocycles. The number of anilines is 1. The van der Waals surface area contributed by atoms with E-state index in [1.165, 1.54) is 0 Å². The summed E-state index contributed by atoms with van der Waals surface area (Å²) in [5, 5.41) is 12.5. The first-order valence-electron chi connectivity index (χ1n) is 4.97. The predicted molar refractivity (Wildman–Crippen MR) is 59.0 cm³/mol. The summed E-state index contributed by atoms with van der Waals surface area (Å²) in [5.74, 6) is 0.322. The third-order valence-electron chi connectivity index (χ3n) is 2.63. The van der Waals surface area contributed by atoms with Crippen LogP contribution in [0.4, 0.5) is 5.69 Å². The van der Waals surface area contributed by atoms with Gasteiger partial charge in [-0.1, -0.05) is 6.08 Å². The van der Waals surface area contributed by atoms with Gasteiger partial charge in [-0.15, -0.1) is 6.58 Å². The highest BCUT2D eigenvalue weighted by Gasteiger charge is 2.18. The minimum Gasteiger partial charge on any atom is -0.508 e. The zero-order valence-electron chi connectivity index (χ0n) is 8.42. The molecule has 1 aliphatic rings. The molecule has 0 unspecified atom stereocenters. The van der Waals surface area contributed by atoms with Gasteiger partial charge in [0.2, 0.25) is 5.91 Å². The van der Waals surface area contributed by atoms with Crippen molar-refractivity contribution in [2.24, 2.45) is 0 Å². The molecular weight excluding hydrogens is 190 g/mol. The Hall–Kier alpha value is -1.77. The molecule has 0 saturated carbocycles. The van der Waals surface area contributed by atoms with Gasteiger partial charge in [-0.05, 0) is 30.5 Å². The highest BCUT2D eigenvalue weighted by atomic mass is 16.3. The van der Waals surface area contributed by atoms with E-state index in [0.717, 1.165) is 16.8 Å². The molecule has 1 amide bonds. The Morgan fingerprint density at radius 2 is 2.27 bits per heavy atom. The van der Waals surface area contributed by atoms with Crippen molar-refractivity contribution in [3.05, 3.63) is 35.9 Å². The number of phenols is 1. The molecule has 1 heterocycles. The lowest BCUT2D eigenvalue weighted by atomic mass is 9.94. The van der Waals surface area contributed by atoms with Crippen LogP contribution in [0, 0.1) is 0 Å². The van der Waals surface area contributed by atoms with Gasteiger partial charge in [0.1, 0.15) is 5.75 Å². The fourth-order valence-electron chi connectivity index (χ4n) is 1.91. The van der Waals surface area contributed by atoms with Crippen LogP contribution >= 0.6 is 0 Å². The molecule has 1 aromatic rings.